The quantitative estimate of drug-likeness (QED) is 0.786. The van der Waals surface area contributed by atoms with Crippen molar-refractivity contribution in [1.82, 2.24) is 14.7 Å². The lowest BCUT2D eigenvalue weighted by molar-refractivity contribution is -0.133. The van der Waals surface area contributed by atoms with Gasteiger partial charge in [0.15, 0.2) is 0 Å². The number of likely N-dealkylation sites (tertiary alicyclic amines) is 1. The van der Waals surface area contributed by atoms with Crippen LogP contribution in [0.2, 0.25) is 0 Å². The molecule has 0 saturated carbocycles. The second-order valence-corrected chi connectivity index (χ2v) is 6.53. The van der Waals surface area contributed by atoms with E-state index in [0.29, 0.717) is 17.3 Å². The highest BCUT2D eigenvalue weighted by Crippen LogP contribution is 2.31. The molecular formula is C20H19N3O3. The fourth-order valence-electron chi connectivity index (χ4n) is 3.67. The zero-order chi connectivity index (χ0) is 18.1. The second kappa shape index (κ2) is 6.63. The van der Waals surface area contributed by atoms with Gasteiger partial charge < -0.3 is 4.90 Å². The largest absolute Gasteiger partial charge is 0.334 e. The highest BCUT2D eigenvalue weighted by atomic mass is 16.2. The van der Waals surface area contributed by atoms with Gasteiger partial charge in [0.2, 0.25) is 5.91 Å². The van der Waals surface area contributed by atoms with Crippen LogP contribution in [0.5, 0.6) is 0 Å². The van der Waals surface area contributed by atoms with Crippen molar-refractivity contribution in [2.24, 2.45) is 0 Å². The lowest BCUT2D eigenvalue weighted by Gasteiger charge is -2.25. The van der Waals surface area contributed by atoms with Crippen LogP contribution in [0.4, 0.5) is 0 Å². The molecule has 1 aromatic heterocycles. The third-order valence-corrected chi connectivity index (χ3v) is 4.93. The Bertz CT molecular complexity index is 1070. The third kappa shape index (κ3) is 2.83. The maximum Gasteiger partial charge on any atom is 0.273 e. The summed E-state index contributed by atoms with van der Waals surface area (Å²) >= 11 is 0. The van der Waals surface area contributed by atoms with E-state index >= 15 is 0 Å². The Morgan fingerprint density at radius 2 is 1.69 bits per heavy atom. The molecule has 0 aliphatic carbocycles. The third-order valence-electron chi connectivity index (χ3n) is 4.93. The molecule has 4 rings (SSSR count). The smallest absolute Gasteiger partial charge is 0.273 e. The molecule has 0 bridgehead atoms. The van der Waals surface area contributed by atoms with Crippen molar-refractivity contribution in [2.45, 2.75) is 25.4 Å². The zero-order valence-corrected chi connectivity index (χ0v) is 14.2. The number of fused-ring (bicyclic) bond motifs is 1. The number of hydrogen-bond donors (Lipinski definition) is 1. The van der Waals surface area contributed by atoms with Crippen molar-refractivity contribution in [3.8, 4) is 0 Å². The first-order valence-electron chi connectivity index (χ1n) is 8.71. The van der Waals surface area contributed by atoms with E-state index < -0.39 is 0 Å². The lowest BCUT2D eigenvalue weighted by Crippen LogP contribution is -2.39. The monoisotopic (exact) mass is 349 g/mol. The van der Waals surface area contributed by atoms with Gasteiger partial charge in [-0.25, -0.2) is 4.68 Å². The predicted molar refractivity (Wildman–Crippen MR) is 99.0 cm³/mol. The minimum absolute atomic E-state index is 0.0200. The molecule has 1 saturated heterocycles. The maximum absolute atomic E-state index is 12.8. The van der Waals surface area contributed by atoms with E-state index in [0.717, 1.165) is 23.1 Å². The van der Waals surface area contributed by atoms with Crippen LogP contribution in [0.25, 0.3) is 10.8 Å². The van der Waals surface area contributed by atoms with Crippen LogP contribution in [-0.4, -0.2) is 27.1 Å². The van der Waals surface area contributed by atoms with E-state index in [1.807, 2.05) is 30.3 Å². The number of rotatable bonds is 3. The molecule has 2 heterocycles. The van der Waals surface area contributed by atoms with Crippen LogP contribution >= 0.6 is 0 Å². The molecule has 1 aliphatic heterocycles. The number of benzene rings is 2. The average Bonchev–Trinajstić information content (AvgIpc) is 3.16. The molecule has 132 valence electrons. The number of H-pyrrole nitrogens is 1. The van der Waals surface area contributed by atoms with Crippen LogP contribution in [0.15, 0.2) is 64.2 Å². The number of hydrogen-bond acceptors (Lipinski definition) is 3. The van der Waals surface area contributed by atoms with Crippen LogP contribution in [0.1, 0.15) is 24.4 Å². The van der Waals surface area contributed by atoms with Gasteiger partial charge in [-0.05, 0) is 30.5 Å². The van der Waals surface area contributed by atoms with Gasteiger partial charge in [-0.3, -0.25) is 19.5 Å². The average molecular weight is 349 g/mol. The van der Waals surface area contributed by atoms with E-state index in [1.165, 1.54) is 0 Å². The number of carbonyl (C=O) groups is 1. The molecule has 26 heavy (non-hydrogen) atoms. The van der Waals surface area contributed by atoms with Gasteiger partial charge in [0.25, 0.3) is 11.1 Å². The number of nitrogens with one attached hydrogen (secondary N) is 1. The summed E-state index contributed by atoms with van der Waals surface area (Å²) in [6, 6.07) is 16.5. The molecular weight excluding hydrogens is 330 g/mol. The van der Waals surface area contributed by atoms with Gasteiger partial charge in [-0.2, -0.15) is 0 Å². The summed E-state index contributed by atoms with van der Waals surface area (Å²) in [6.07, 6.45) is 1.83. The molecule has 6 heteroatoms. The van der Waals surface area contributed by atoms with E-state index in [-0.39, 0.29) is 29.6 Å². The standard InChI is InChI=1S/C20H19N3O3/c24-18(22-12-6-11-17(22)14-7-2-1-3-8-14)13-23-20(26)16-10-5-4-9-15(16)19(25)21-23/h1-5,7-10,17H,6,11-13H2,(H,21,25). The van der Waals surface area contributed by atoms with Crippen molar-refractivity contribution in [3.05, 3.63) is 80.9 Å². The van der Waals surface area contributed by atoms with Crippen molar-refractivity contribution in [1.29, 1.82) is 0 Å². The summed E-state index contributed by atoms with van der Waals surface area (Å²) in [4.78, 5) is 39.4. The molecule has 2 aromatic carbocycles. The lowest BCUT2D eigenvalue weighted by atomic mass is 10.0. The number of amides is 1. The SMILES string of the molecule is O=C(Cn1[nH]c(=O)c2ccccc2c1=O)N1CCCC1c1ccccc1. The van der Waals surface area contributed by atoms with Crippen molar-refractivity contribution >= 4 is 16.7 Å². The minimum Gasteiger partial charge on any atom is -0.334 e. The van der Waals surface area contributed by atoms with Crippen LogP contribution in [-0.2, 0) is 11.3 Å². The fourth-order valence-corrected chi connectivity index (χ4v) is 3.67. The highest BCUT2D eigenvalue weighted by molar-refractivity contribution is 5.81. The molecule has 1 aliphatic rings. The first-order valence-corrected chi connectivity index (χ1v) is 8.71. The van der Waals surface area contributed by atoms with E-state index in [2.05, 4.69) is 5.10 Å². The Balaban J connectivity index is 1.64. The Hall–Kier alpha value is -3.15. The normalized spacial score (nSPS) is 16.9. The second-order valence-electron chi connectivity index (χ2n) is 6.53. The molecule has 0 spiro atoms. The summed E-state index contributed by atoms with van der Waals surface area (Å²) in [7, 11) is 0. The molecule has 6 nitrogen and oxygen atoms in total. The summed E-state index contributed by atoms with van der Waals surface area (Å²) in [6.45, 7) is 0.493. The first-order chi connectivity index (χ1) is 12.6. The molecule has 1 atom stereocenters. The van der Waals surface area contributed by atoms with E-state index in [1.54, 1.807) is 29.2 Å². The van der Waals surface area contributed by atoms with Gasteiger partial charge in [0.05, 0.1) is 16.8 Å². The Morgan fingerprint density at radius 3 is 2.46 bits per heavy atom. The van der Waals surface area contributed by atoms with Crippen LogP contribution in [0.3, 0.4) is 0 Å². The van der Waals surface area contributed by atoms with Gasteiger partial charge in [0.1, 0.15) is 6.54 Å². The molecule has 1 unspecified atom stereocenters. The first kappa shape index (κ1) is 16.3. The summed E-state index contributed by atoms with van der Waals surface area (Å²) in [5.74, 6) is -0.163. The van der Waals surface area contributed by atoms with Gasteiger partial charge in [0, 0.05) is 6.54 Å². The van der Waals surface area contributed by atoms with Crippen LogP contribution < -0.4 is 11.1 Å². The summed E-state index contributed by atoms with van der Waals surface area (Å²) in [5, 5.41) is 3.19. The van der Waals surface area contributed by atoms with Crippen molar-refractivity contribution < 1.29 is 4.79 Å². The minimum atomic E-state index is -0.367. The van der Waals surface area contributed by atoms with Crippen molar-refractivity contribution in [3.63, 3.8) is 0 Å². The number of carbonyl (C=O) groups excluding carboxylic acids is 1. The molecule has 1 amide bonds. The Morgan fingerprint density at radius 1 is 1.00 bits per heavy atom. The van der Waals surface area contributed by atoms with Gasteiger partial charge in [-0.1, -0.05) is 42.5 Å². The molecule has 3 aromatic rings. The van der Waals surface area contributed by atoms with E-state index in [4.69, 9.17) is 0 Å². The Labute approximate surface area is 149 Å². The summed E-state index contributed by atoms with van der Waals surface area (Å²) < 4.78 is 1.12. The Kier molecular flexibility index (Phi) is 4.16. The topological polar surface area (TPSA) is 75.2 Å². The number of nitrogens with zero attached hydrogens (tertiary/aromatic N) is 2. The van der Waals surface area contributed by atoms with E-state index in [9.17, 15) is 14.4 Å². The maximum atomic E-state index is 12.8. The fraction of sp³-hybridized carbons (Fsp3) is 0.250. The predicted octanol–water partition coefficient (Wildman–Crippen LogP) is 2.05. The van der Waals surface area contributed by atoms with Gasteiger partial charge in [-0.15, -0.1) is 0 Å². The number of aromatic amines is 1. The molecule has 1 N–H and O–H groups in total. The summed E-state index contributed by atoms with van der Waals surface area (Å²) in [5.41, 5.74) is 0.371. The van der Waals surface area contributed by atoms with Gasteiger partial charge >= 0.3 is 0 Å². The number of aromatic nitrogens is 2. The van der Waals surface area contributed by atoms with Crippen molar-refractivity contribution in [2.75, 3.05) is 6.54 Å². The zero-order valence-electron chi connectivity index (χ0n) is 14.2. The molecule has 0 radical (unpaired) electrons. The molecule has 1 fully saturated rings. The van der Waals surface area contributed by atoms with Crippen LogP contribution in [0, 0.1) is 0 Å². The highest BCUT2D eigenvalue weighted by Gasteiger charge is 2.30.